The zero-order valence-electron chi connectivity index (χ0n) is 79.7. The predicted octanol–water partition coefficient (Wildman–Crippen LogP) is 31.4. The number of hydrogen-bond donors (Lipinski definition) is 5. The second-order valence-corrected chi connectivity index (χ2v) is 35.2. The molecule has 0 aliphatic carbocycles. The van der Waals surface area contributed by atoms with Crippen molar-refractivity contribution in [2.24, 2.45) is 5.92 Å². The van der Waals surface area contributed by atoms with Crippen LogP contribution in [0.3, 0.4) is 0 Å². The minimum absolute atomic E-state index is 0. The van der Waals surface area contributed by atoms with Crippen LogP contribution >= 0.6 is 22.7 Å². The number of aromatic nitrogens is 8. The average molecular weight is 2450 g/mol. The smallest absolute Gasteiger partial charge is 0.417 e. The van der Waals surface area contributed by atoms with E-state index in [9.17, 15) is 18.0 Å². The number of ketones is 1. The monoisotopic (exact) mass is 2450 g/mol. The Labute approximate surface area is 874 Å². The van der Waals surface area contributed by atoms with E-state index in [0.717, 1.165) is 113 Å². The number of hydrogen-bond acceptors (Lipinski definition) is 13. The minimum Gasteiger partial charge on any atom is -0.513 e. The maximum absolute atomic E-state index is 12.8. The molecule has 21 rings (SSSR count). The Morgan fingerprint density at radius 3 is 1.32 bits per heavy atom. The van der Waals surface area contributed by atoms with Crippen molar-refractivity contribution in [3.05, 3.63) is 428 Å². The minimum atomic E-state index is -4.40. The molecule has 0 fully saturated rings. The van der Waals surface area contributed by atoms with Crippen molar-refractivity contribution in [2.45, 2.75) is 113 Å². The predicted molar refractivity (Wildman–Crippen MR) is 567 cm³/mol. The second-order valence-electron chi connectivity index (χ2n) is 33.3. The Balaban J connectivity index is 0.000000164. The quantitative estimate of drug-likeness (QED) is 0.0330. The zero-order chi connectivity index (χ0) is 97.9. The number of para-hydroxylation sites is 5. The summed E-state index contributed by atoms with van der Waals surface area (Å²) in [5.74, 6) is 0.969. The largest absolute Gasteiger partial charge is 0.513 e. The molecule has 0 spiro atoms. The maximum Gasteiger partial charge on any atom is 0.417 e. The van der Waals surface area contributed by atoms with Gasteiger partial charge >= 0.3 is 6.18 Å². The summed E-state index contributed by atoms with van der Waals surface area (Å²) in [6.45, 7) is 16.8. The summed E-state index contributed by atoms with van der Waals surface area (Å²) in [7, 11) is 0. The van der Waals surface area contributed by atoms with Gasteiger partial charge in [0.05, 0.1) is 35.0 Å². The van der Waals surface area contributed by atoms with Gasteiger partial charge in [-0.1, -0.05) is 229 Å². The topological polar surface area (TPSA) is 197 Å². The molecule has 21 aromatic rings. The van der Waals surface area contributed by atoms with Crippen molar-refractivity contribution in [2.75, 3.05) is 0 Å². The molecule has 10 heterocycles. The van der Waals surface area contributed by atoms with Gasteiger partial charge in [0, 0.05) is 169 Å². The molecular weight excluding hydrogens is 2350 g/mol. The number of allylic oxidation sites excluding steroid dienone is 4. The van der Waals surface area contributed by atoms with E-state index in [4.69, 9.17) is 25.5 Å². The van der Waals surface area contributed by atoms with Crippen LogP contribution in [0, 0.1) is 43.2 Å². The number of nitrogens with zero attached hydrogens (tertiary/aromatic N) is 8. The van der Waals surface area contributed by atoms with Crippen LogP contribution in [0.25, 0.3) is 164 Å². The number of rotatable bonds is 17. The number of pyridine rings is 5. The maximum atomic E-state index is 12.8. The van der Waals surface area contributed by atoms with Crippen LogP contribution in [-0.2, 0) is 77.8 Å². The van der Waals surface area contributed by atoms with Crippen LogP contribution in [0.5, 0.6) is 0 Å². The summed E-state index contributed by atoms with van der Waals surface area (Å²) in [6, 6.07) is 121. The van der Waals surface area contributed by atoms with Crippen LogP contribution < -0.4 is 0 Å². The van der Waals surface area contributed by atoms with E-state index in [-0.39, 0.29) is 83.4 Å². The first-order valence-electron chi connectivity index (χ1n) is 45.9. The molecule has 0 aliphatic rings. The molecule has 0 amide bonds. The molecule has 0 saturated heterocycles. The average Bonchev–Trinajstić information content (AvgIpc) is 1.60. The molecule has 727 valence electrons. The summed E-state index contributed by atoms with van der Waals surface area (Å²) in [6.07, 6.45) is 11.8. The van der Waals surface area contributed by atoms with E-state index in [0.29, 0.717) is 17.2 Å². The third-order valence-electron chi connectivity index (χ3n) is 22.7. The Morgan fingerprint density at radius 1 is 0.430 bits per heavy atom. The number of carbonyl (C=O) groups is 1. The molecule has 5 N–H and O–H groups in total. The molecule has 10 aromatic heterocycles. The van der Waals surface area contributed by atoms with Crippen LogP contribution in [0.1, 0.15) is 92.2 Å². The number of alkyl halides is 3. The van der Waals surface area contributed by atoms with Crippen molar-refractivity contribution in [3.63, 3.8) is 0 Å². The van der Waals surface area contributed by atoms with Crippen molar-refractivity contribution in [1.29, 1.82) is 0 Å². The van der Waals surface area contributed by atoms with Gasteiger partial charge in [0.15, 0.2) is 5.78 Å². The van der Waals surface area contributed by atoms with Gasteiger partial charge in [-0.15, -0.1) is 161 Å². The molecular formula is C120H106F3Ir3N8O6S2-5. The number of aryl methyl sites for hydroxylation is 1. The molecule has 0 bridgehead atoms. The Morgan fingerprint density at radius 2 is 0.901 bits per heavy atom. The van der Waals surface area contributed by atoms with E-state index < -0.39 is 23.9 Å². The Kier molecular flexibility index (Phi) is 40.5. The fourth-order valence-electron chi connectivity index (χ4n) is 16.3. The van der Waals surface area contributed by atoms with Gasteiger partial charge in [0.1, 0.15) is 0 Å². The van der Waals surface area contributed by atoms with E-state index in [1.807, 2.05) is 176 Å². The van der Waals surface area contributed by atoms with Crippen LogP contribution in [-0.4, -0.2) is 82.1 Å². The normalized spacial score (nSPS) is 11.9. The van der Waals surface area contributed by atoms with Gasteiger partial charge in [-0.3, -0.25) is 14.8 Å². The molecule has 142 heavy (non-hydrogen) atoms. The summed E-state index contributed by atoms with van der Waals surface area (Å²) in [4.78, 5) is 31.9. The van der Waals surface area contributed by atoms with Crippen LogP contribution in [0.15, 0.2) is 387 Å². The molecule has 3 atom stereocenters. The van der Waals surface area contributed by atoms with Crippen LogP contribution in [0.2, 0.25) is 0 Å². The summed E-state index contributed by atoms with van der Waals surface area (Å²) in [5, 5.41) is 55.8. The van der Waals surface area contributed by atoms with Crippen LogP contribution in [0.4, 0.5) is 13.2 Å². The van der Waals surface area contributed by atoms with E-state index in [1.165, 1.54) is 142 Å². The molecule has 0 aliphatic heterocycles. The Bertz CT molecular complexity index is 7590. The van der Waals surface area contributed by atoms with Gasteiger partial charge < -0.3 is 54.2 Å². The van der Waals surface area contributed by atoms with Crippen molar-refractivity contribution in [1.82, 2.24) is 38.6 Å². The number of benzene rings is 11. The van der Waals surface area contributed by atoms with E-state index in [2.05, 4.69) is 246 Å². The van der Waals surface area contributed by atoms with Gasteiger partial charge in [0.2, 0.25) is 0 Å². The van der Waals surface area contributed by atoms with E-state index in [1.54, 1.807) is 36.5 Å². The SMILES string of the molecule is CC(=O)C=C(C)O.CC(O)=CC(C)O.CC(O)=CC(C)O.CCCCC(CC)Cn1c2ccccc2c2ccc(-c3c[c-]c(-c4ccccn4)cc3)cc21.Cc1ccc(-c2[c-]c3c4ccccc4n(-c4ccccc4)c3cc2)nc1.FC(F)(F)c1ccc(-c2[c-]c3c4ccccc4n(-c4ccccc4)c3cc2)nc1.[Ir].[Ir].[Ir].[c-]1ccccc1-c1nccc2sccc12.[c-]1ccccc1-c1nccc2sccc12. The fourth-order valence-corrected chi connectivity index (χ4v) is 17.9. The third kappa shape index (κ3) is 28.5. The molecule has 0 saturated carbocycles. The molecule has 22 heteroatoms. The third-order valence-corrected chi connectivity index (χ3v) is 24.4. The number of aliphatic hydroxyl groups is 5. The van der Waals surface area contributed by atoms with Crippen molar-refractivity contribution in [3.8, 4) is 78.8 Å². The van der Waals surface area contributed by atoms with Gasteiger partial charge in [-0.25, -0.2) is 0 Å². The number of halogens is 3. The number of thiophene rings is 2. The molecule has 11 aromatic carbocycles. The Hall–Kier alpha value is -13.6. The zero-order valence-corrected chi connectivity index (χ0v) is 88.5. The summed E-state index contributed by atoms with van der Waals surface area (Å²) < 4.78 is 48.0. The van der Waals surface area contributed by atoms with Crippen molar-refractivity contribution >= 4 is 114 Å². The summed E-state index contributed by atoms with van der Waals surface area (Å²) >= 11 is 3.48. The van der Waals surface area contributed by atoms with Gasteiger partial charge in [0.25, 0.3) is 0 Å². The summed E-state index contributed by atoms with van der Waals surface area (Å²) in [5.41, 5.74) is 21.3. The molecule has 14 nitrogen and oxygen atoms in total. The number of fused-ring (bicyclic) bond motifs is 11. The van der Waals surface area contributed by atoms with Gasteiger partial charge in [-0.2, -0.15) is 13.2 Å². The second kappa shape index (κ2) is 52.8. The first-order chi connectivity index (χ1) is 67.4. The first kappa shape index (κ1) is 109. The number of aliphatic hydroxyl groups excluding tert-OH is 5. The first-order valence-corrected chi connectivity index (χ1v) is 47.7. The van der Waals surface area contributed by atoms with E-state index >= 15 is 0 Å². The number of carbonyl (C=O) groups excluding carboxylic acids is 1. The number of unbranched alkanes of at least 4 members (excludes halogenated alkanes) is 1. The fraction of sp³-hybridized carbons (Fsp3) is 0.150. The molecule has 3 radical (unpaired) electrons. The standard InChI is InChI=1S/C31H31N2.C24H14F3N2.C24H17N2.2C13H8NS.2C5H10O2.C5H8O2.3Ir/c1-3-5-10-23(4-2)22-33-30-13-7-6-11-27(30)28-19-18-26(21-31(28)33)24-14-16-25(17-15-24)29-12-8-9-20-32-29;25-24(26,27)17-11-12-21(28-15-17)16-10-13-23-20(14-16)19-8-4-5-9-22(19)29(23)18-6-2-1-3-7-18;1-17-11-13-22(25-16-17)18-12-14-24-21(15-18)20-9-5-6-10-23(20)26(24)19-7-3-2-4-8-19;2*1-2-4-10(5-3-1)13-11-7-9-15-12(11)6-8-14-13;3*1-4(6)3-5(2)7;;;/h6-9,11-16,18-21,23H,3-5,10,22H2,1-2H3;1-13,15H;2-14,16H,1H3;2*1-4,6-9H;2*3-4,6-7H,1-2H3;3,6H,1-2H3;;;/q5*-1;;;;;;. The van der Waals surface area contributed by atoms with Crippen molar-refractivity contribution < 1.29 is 104 Å². The van der Waals surface area contributed by atoms with Gasteiger partial charge in [-0.05, 0) is 195 Å². The molecule has 3 unspecified atom stereocenters.